The molecule has 134 valence electrons. The number of amides is 1. The fourth-order valence-electron chi connectivity index (χ4n) is 3.49. The highest BCUT2D eigenvalue weighted by atomic mass is 35.5. The van der Waals surface area contributed by atoms with E-state index in [1.165, 1.54) is 5.57 Å². The predicted octanol–water partition coefficient (Wildman–Crippen LogP) is 4.88. The predicted molar refractivity (Wildman–Crippen MR) is 102 cm³/mol. The van der Waals surface area contributed by atoms with E-state index in [4.69, 9.17) is 27.9 Å². The summed E-state index contributed by atoms with van der Waals surface area (Å²) in [6.45, 7) is 6.87. The molecule has 25 heavy (non-hydrogen) atoms. The third-order valence-corrected chi connectivity index (χ3v) is 5.84. The standard InChI is InChI=1S/C20H23Cl2NO2/c1-13-9-10-19(2,3)16(11-13)17-20(21,22)18(24)23(17)12-14-5-7-15(25-4)8-6-14/h5-9,11,17H,10,12H2,1-4H3. The van der Waals surface area contributed by atoms with Crippen molar-refractivity contribution in [2.45, 2.75) is 44.1 Å². The Bertz CT molecular complexity index is 747. The summed E-state index contributed by atoms with van der Waals surface area (Å²) in [6.07, 6.45) is 5.25. The number of alkyl halides is 2. The second-order valence-corrected chi connectivity index (χ2v) is 8.83. The van der Waals surface area contributed by atoms with Crippen LogP contribution in [0, 0.1) is 5.41 Å². The van der Waals surface area contributed by atoms with Crippen LogP contribution in [0.3, 0.4) is 0 Å². The van der Waals surface area contributed by atoms with E-state index >= 15 is 0 Å². The lowest BCUT2D eigenvalue weighted by Crippen LogP contribution is -2.69. The Morgan fingerprint density at radius 3 is 2.48 bits per heavy atom. The molecule has 0 saturated carbocycles. The summed E-state index contributed by atoms with van der Waals surface area (Å²) in [6, 6.07) is 7.37. The maximum atomic E-state index is 12.6. The van der Waals surface area contributed by atoms with Gasteiger partial charge in [0, 0.05) is 6.54 Å². The number of halogens is 2. The molecule has 1 aromatic carbocycles. The number of benzene rings is 1. The summed E-state index contributed by atoms with van der Waals surface area (Å²) in [5.41, 5.74) is 3.23. The molecule has 0 radical (unpaired) electrons. The van der Waals surface area contributed by atoms with Gasteiger partial charge >= 0.3 is 0 Å². The van der Waals surface area contributed by atoms with Crippen LogP contribution in [-0.4, -0.2) is 28.3 Å². The van der Waals surface area contributed by atoms with Crippen LogP contribution in [0.15, 0.2) is 47.6 Å². The first-order chi connectivity index (χ1) is 11.7. The zero-order chi connectivity index (χ0) is 18.4. The maximum Gasteiger partial charge on any atom is 0.262 e. The van der Waals surface area contributed by atoms with Crippen LogP contribution in [-0.2, 0) is 11.3 Å². The molecular weight excluding hydrogens is 357 g/mol. The van der Waals surface area contributed by atoms with Gasteiger partial charge in [-0.2, -0.15) is 0 Å². The van der Waals surface area contributed by atoms with Gasteiger partial charge in [0.05, 0.1) is 13.2 Å². The third kappa shape index (κ3) is 3.20. The van der Waals surface area contributed by atoms with Crippen molar-refractivity contribution < 1.29 is 9.53 Å². The Balaban J connectivity index is 1.90. The zero-order valence-electron chi connectivity index (χ0n) is 15.0. The second-order valence-electron chi connectivity index (χ2n) is 7.44. The molecule has 0 aromatic heterocycles. The van der Waals surface area contributed by atoms with Crippen molar-refractivity contribution >= 4 is 29.1 Å². The molecule has 0 spiro atoms. The van der Waals surface area contributed by atoms with Crippen LogP contribution in [0.5, 0.6) is 5.75 Å². The minimum atomic E-state index is -1.40. The van der Waals surface area contributed by atoms with Crippen molar-refractivity contribution in [3.63, 3.8) is 0 Å². The van der Waals surface area contributed by atoms with Crippen molar-refractivity contribution in [3.05, 3.63) is 53.1 Å². The summed E-state index contributed by atoms with van der Waals surface area (Å²) in [4.78, 5) is 14.3. The monoisotopic (exact) mass is 379 g/mol. The van der Waals surface area contributed by atoms with E-state index in [-0.39, 0.29) is 17.4 Å². The quantitative estimate of drug-likeness (QED) is 0.550. The lowest BCUT2D eigenvalue weighted by atomic mass is 9.70. The number of nitrogens with zero attached hydrogens (tertiary/aromatic N) is 1. The molecule has 1 aliphatic carbocycles. The summed E-state index contributed by atoms with van der Waals surface area (Å²) in [5, 5.41) is 0. The number of carbonyl (C=O) groups is 1. The minimum Gasteiger partial charge on any atom is -0.497 e. The molecule has 1 amide bonds. The van der Waals surface area contributed by atoms with Gasteiger partial charge in [0.15, 0.2) is 0 Å². The van der Waals surface area contributed by atoms with E-state index in [1.54, 1.807) is 12.0 Å². The number of β-lactam (4-membered cyclic amide) rings is 1. The van der Waals surface area contributed by atoms with Crippen molar-refractivity contribution in [2.24, 2.45) is 5.41 Å². The summed E-state index contributed by atoms with van der Waals surface area (Å²) in [5.74, 6) is 0.553. The Labute approximate surface area is 159 Å². The number of hydrogen-bond acceptors (Lipinski definition) is 2. The van der Waals surface area contributed by atoms with Gasteiger partial charge in [-0.3, -0.25) is 4.79 Å². The molecule has 1 aromatic rings. The van der Waals surface area contributed by atoms with E-state index in [2.05, 4.69) is 32.9 Å². The molecular formula is C20H23Cl2NO2. The molecule has 1 atom stereocenters. The van der Waals surface area contributed by atoms with Crippen molar-refractivity contribution in [3.8, 4) is 5.75 Å². The Hall–Kier alpha value is -1.45. The van der Waals surface area contributed by atoms with Crippen LogP contribution < -0.4 is 4.74 Å². The number of methoxy groups -OCH3 is 1. The Morgan fingerprint density at radius 1 is 1.24 bits per heavy atom. The van der Waals surface area contributed by atoms with Crippen LogP contribution in [0.2, 0.25) is 0 Å². The van der Waals surface area contributed by atoms with Gasteiger partial charge in [-0.05, 0) is 42.0 Å². The molecule has 1 unspecified atom stereocenters. The molecule has 3 nitrogen and oxygen atoms in total. The lowest BCUT2D eigenvalue weighted by molar-refractivity contribution is -0.147. The van der Waals surface area contributed by atoms with Gasteiger partial charge in [0.2, 0.25) is 4.33 Å². The van der Waals surface area contributed by atoms with Crippen LogP contribution in [0.4, 0.5) is 0 Å². The zero-order valence-corrected chi connectivity index (χ0v) is 16.5. The molecule has 0 bridgehead atoms. The fraction of sp³-hybridized carbons (Fsp3) is 0.450. The summed E-state index contributed by atoms with van der Waals surface area (Å²) in [7, 11) is 1.63. The highest BCUT2D eigenvalue weighted by Gasteiger charge is 2.61. The van der Waals surface area contributed by atoms with Gasteiger partial charge in [0.25, 0.3) is 5.91 Å². The molecule has 3 rings (SSSR count). The second kappa shape index (κ2) is 6.37. The number of likely N-dealkylation sites (tertiary alicyclic amines) is 1. The summed E-state index contributed by atoms with van der Waals surface area (Å²) >= 11 is 12.9. The van der Waals surface area contributed by atoms with Crippen molar-refractivity contribution in [2.75, 3.05) is 7.11 Å². The SMILES string of the molecule is COc1ccc(CN2C(=O)C(Cl)(Cl)C2C2=CC(C)=CCC2(C)C)cc1. The van der Waals surface area contributed by atoms with E-state index < -0.39 is 4.33 Å². The van der Waals surface area contributed by atoms with E-state index in [1.807, 2.05) is 24.3 Å². The molecule has 5 heteroatoms. The van der Waals surface area contributed by atoms with Gasteiger partial charge in [-0.25, -0.2) is 0 Å². The Morgan fingerprint density at radius 2 is 1.88 bits per heavy atom. The average Bonchev–Trinajstić information content (AvgIpc) is 2.57. The van der Waals surface area contributed by atoms with Crippen LogP contribution >= 0.6 is 23.2 Å². The molecule has 2 aliphatic rings. The first-order valence-corrected chi connectivity index (χ1v) is 9.13. The highest BCUT2D eigenvalue weighted by Crippen LogP contribution is 2.51. The first kappa shape index (κ1) is 18.3. The molecule has 1 fully saturated rings. The van der Waals surface area contributed by atoms with Crippen LogP contribution in [0.25, 0.3) is 0 Å². The van der Waals surface area contributed by atoms with Gasteiger partial charge in [-0.15, -0.1) is 0 Å². The van der Waals surface area contributed by atoms with E-state index in [0.717, 1.165) is 23.3 Å². The summed E-state index contributed by atoms with van der Waals surface area (Å²) < 4.78 is 3.79. The molecule has 0 N–H and O–H groups in total. The first-order valence-electron chi connectivity index (χ1n) is 8.37. The Kier molecular flexibility index (Phi) is 4.67. The maximum absolute atomic E-state index is 12.6. The highest BCUT2D eigenvalue weighted by molar-refractivity contribution is 6.60. The minimum absolute atomic E-state index is 0.0853. The number of carbonyl (C=O) groups excluding carboxylic acids is 1. The van der Waals surface area contributed by atoms with Gasteiger partial charge in [0.1, 0.15) is 5.75 Å². The van der Waals surface area contributed by atoms with E-state index in [0.29, 0.717) is 6.54 Å². The molecule has 1 aliphatic heterocycles. The average molecular weight is 380 g/mol. The lowest BCUT2D eigenvalue weighted by Gasteiger charge is -2.53. The number of allylic oxidation sites excluding steroid dienone is 3. The third-order valence-electron chi connectivity index (χ3n) is 5.11. The van der Waals surface area contributed by atoms with Gasteiger partial charge in [-0.1, -0.05) is 66.9 Å². The van der Waals surface area contributed by atoms with Crippen molar-refractivity contribution in [1.29, 1.82) is 0 Å². The van der Waals surface area contributed by atoms with Crippen molar-refractivity contribution in [1.82, 2.24) is 4.90 Å². The fourth-order valence-corrected chi connectivity index (χ4v) is 4.18. The molecule has 1 saturated heterocycles. The largest absolute Gasteiger partial charge is 0.497 e. The topological polar surface area (TPSA) is 29.5 Å². The number of ether oxygens (including phenoxy) is 1. The van der Waals surface area contributed by atoms with Crippen LogP contribution in [0.1, 0.15) is 32.8 Å². The number of rotatable bonds is 4. The van der Waals surface area contributed by atoms with E-state index in [9.17, 15) is 4.79 Å². The molecule has 1 heterocycles. The number of hydrogen-bond donors (Lipinski definition) is 0. The van der Waals surface area contributed by atoms with Gasteiger partial charge < -0.3 is 9.64 Å². The normalized spacial score (nSPS) is 24.3. The smallest absolute Gasteiger partial charge is 0.262 e.